The number of fused-ring (bicyclic) bond motifs is 1. The van der Waals surface area contributed by atoms with E-state index in [0.29, 0.717) is 54.9 Å². The van der Waals surface area contributed by atoms with E-state index in [-0.39, 0.29) is 54.7 Å². The zero-order chi connectivity index (χ0) is 45.3. The van der Waals surface area contributed by atoms with Crippen molar-refractivity contribution in [3.63, 3.8) is 0 Å². The fourth-order valence-corrected chi connectivity index (χ4v) is 10.2. The van der Waals surface area contributed by atoms with Crippen LogP contribution in [0.15, 0.2) is 48.8 Å². The van der Waals surface area contributed by atoms with Crippen LogP contribution in [0.5, 0.6) is 0 Å². The van der Waals surface area contributed by atoms with E-state index < -0.39 is 17.8 Å². The summed E-state index contributed by atoms with van der Waals surface area (Å²) < 4.78 is 22.7. The number of carbonyl (C=O) groups is 5. The van der Waals surface area contributed by atoms with Gasteiger partial charge in [0.25, 0.3) is 5.91 Å². The third-order valence-electron chi connectivity index (χ3n) is 12.9. The number of unbranched alkanes of at least 4 members (excludes halogenated alkanes) is 5. The summed E-state index contributed by atoms with van der Waals surface area (Å²) in [6.45, 7) is 1.98. The number of carbonyl (C=O) groups excluding carboxylic acids is 5. The zero-order valence-corrected chi connectivity index (χ0v) is 37.8. The maximum atomic E-state index is 15.1. The second kappa shape index (κ2) is 21.4. The maximum absolute atomic E-state index is 15.1. The first-order valence-corrected chi connectivity index (χ1v) is 24.0. The van der Waals surface area contributed by atoms with Crippen LogP contribution in [0.4, 0.5) is 19.9 Å². The molecule has 4 aromatic rings. The molecule has 1 atom stereocenters. The number of aryl methyl sites for hydroxylation is 1. The molecule has 2 aliphatic heterocycles. The van der Waals surface area contributed by atoms with Crippen molar-refractivity contribution in [3.8, 4) is 11.3 Å². The Kier molecular flexibility index (Phi) is 15.0. The predicted molar refractivity (Wildman–Crippen MR) is 242 cm³/mol. The van der Waals surface area contributed by atoms with Crippen molar-refractivity contribution in [1.29, 1.82) is 0 Å². The number of nitrogens with one attached hydrogen (secondary N) is 4. The van der Waals surface area contributed by atoms with E-state index in [1.54, 1.807) is 6.20 Å². The lowest BCUT2D eigenvalue weighted by atomic mass is 9.90. The molecule has 1 aromatic carbocycles. The highest BCUT2D eigenvalue weighted by Gasteiger charge is 2.40. The molecule has 1 saturated heterocycles. The van der Waals surface area contributed by atoms with Gasteiger partial charge in [0.05, 0.1) is 23.8 Å². The molecule has 16 nitrogen and oxygen atoms in total. The van der Waals surface area contributed by atoms with Gasteiger partial charge in [-0.1, -0.05) is 56.0 Å². The van der Waals surface area contributed by atoms with Gasteiger partial charge in [-0.15, -0.1) is 11.3 Å². The first kappa shape index (κ1) is 45.7. The Bertz CT molecular complexity index is 2330. The molecule has 3 fully saturated rings. The van der Waals surface area contributed by atoms with Gasteiger partial charge in [0.15, 0.2) is 5.82 Å². The Morgan fingerprint density at radius 2 is 1.72 bits per heavy atom. The molecule has 3 aromatic heterocycles. The number of hydrogen-bond donors (Lipinski definition) is 4. The van der Waals surface area contributed by atoms with Crippen molar-refractivity contribution in [2.45, 2.75) is 134 Å². The number of nitrogens with zero attached hydrogens (tertiary/aromatic N) is 6. The molecular weight excluding hydrogens is 852 g/mol. The van der Waals surface area contributed by atoms with Crippen LogP contribution in [-0.2, 0) is 47.5 Å². The average Bonchev–Trinajstić information content (AvgIpc) is 3.82. The summed E-state index contributed by atoms with van der Waals surface area (Å²) in [5.74, 6) is -0.414. The van der Waals surface area contributed by atoms with E-state index in [9.17, 15) is 24.0 Å². The van der Waals surface area contributed by atoms with E-state index in [2.05, 4.69) is 36.3 Å². The third kappa shape index (κ3) is 11.9. The molecule has 6 amide bonds. The van der Waals surface area contributed by atoms with Crippen molar-refractivity contribution >= 4 is 47.1 Å². The molecule has 65 heavy (non-hydrogen) atoms. The van der Waals surface area contributed by atoms with Crippen LogP contribution in [0.2, 0.25) is 0 Å². The number of anilines is 1. The van der Waals surface area contributed by atoms with Gasteiger partial charge in [0.1, 0.15) is 18.3 Å². The van der Waals surface area contributed by atoms with Crippen molar-refractivity contribution < 1.29 is 33.1 Å². The minimum atomic E-state index is -0.643. The van der Waals surface area contributed by atoms with Crippen molar-refractivity contribution in [2.24, 2.45) is 13.0 Å². The van der Waals surface area contributed by atoms with Crippen LogP contribution in [0, 0.1) is 11.7 Å². The normalized spacial score (nSPS) is 19.4. The standard InChI is InChI=1S/C47H59FN10O6S/c1-56-39(23-30-13-14-30)36(26-52-56)41-37(48)27-50-45(55-41)53-33-15-17-34(18-16-33)57(47(63)64-29-31-11-7-6-8-12-31)22-10-5-3-2-4-9-21-49-46(62)51-25-35-24-32-28-58(44(61)42(32)65-35)38-19-20-40(59)54-43(38)60/h6-8,11-12,24,26-27,30,33-34,38H,2-5,9-10,13-23,25,28-29H2,1H3,(H2,49,51,62)(H,50,53,55)(H,54,59,60). The molecule has 18 heteroatoms. The lowest BCUT2D eigenvalue weighted by molar-refractivity contribution is -0.136. The van der Waals surface area contributed by atoms with Crippen molar-refractivity contribution in [1.82, 2.24) is 45.5 Å². The summed E-state index contributed by atoms with van der Waals surface area (Å²) in [4.78, 5) is 76.7. The van der Waals surface area contributed by atoms with E-state index in [1.807, 2.05) is 53.0 Å². The van der Waals surface area contributed by atoms with E-state index in [1.165, 1.54) is 35.3 Å². The fourth-order valence-electron chi connectivity index (χ4n) is 9.10. The molecular formula is C47H59FN10O6S. The minimum Gasteiger partial charge on any atom is -0.445 e. The number of amides is 6. The van der Waals surface area contributed by atoms with Gasteiger partial charge in [0, 0.05) is 61.3 Å². The highest BCUT2D eigenvalue weighted by Crippen LogP contribution is 2.37. The number of hydrogen-bond acceptors (Lipinski definition) is 11. The first-order chi connectivity index (χ1) is 31.6. The molecule has 2 saturated carbocycles. The van der Waals surface area contributed by atoms with Gasteiger partial charge in [-0.05, 0) is 87.3 Å². The number of ether oxygens (including phenoxy) is 1. The maximum Gasteiger partial charge on any atom is 0.410 e. The molecule has 346 valence electrons. The fraction of sp³-hybridized carbons (Fsp3) is 0.532. The number of aromatic nitrogens is 4. The monoisotopic (exact) mass is 910 g/mol. The first-order valence-electron chi connectivity index (χ1n) is 23.1. The van der Waals surface area contributed by atoms with Crippen molar-refractivity contribution in [2.75, 3.05) is 18.4 Å². The Labute approximate surface area is 382 Å². The number of urea groups is 1. The van der Waals surface area contributed by atoms with Crippen LogP contribution in [-0.4, -0.2) is 90.6 Å². The summed E-state index contributed by atoms with van der Waals surface area (Å²) in [7, 11) is 1.89. The molecule has 5 heterocycles. The SMILES string of the molecule is Cn1ncc(-c2nc(NC3CCC(N(CCCCCCCCNC(=O)NCc4cc5c(s4)C(=O)N(C4CCC(=O)NC4=O)C5)C(=O)OCc4ccccc4)CC3)ncc2F)c1CC1CC1. The number of thiophene rings is 1. The van der Waals surface area contributed by atoms with Gasteiger partial charge in [-0.25, -0.2) is 23.9 Å². The van der Waals surface area contributed by atoms with E-state index in [4.69, 9.17) is 4.74 Å². The highest BCUT2D eigenvalue weighted by molar-refractivity contribution is 7.14. The van der Waals surface area contributed by atoms with Gasteiger partial charge in [0.2, 0.25) is 17.8 Å². The van der Waals surface area contributed by atoms with Gasteiger partial charge in [-0.2, -0.15) is 5.10 Å². The Balaban J connectivity index is 0.735. The molecule has 0 spiro atoms. The van der Waals surface area contributed by atoms with E-state index in [0.717, 1.165) is 92.3 Å². The van der Waals surface area contributed by atoms with Crippen LogP contribution >= 0.6 is 11.3 Å². The van der Waals surface area contributed by atoms with Gasteiger partial charge >= 0.3 is 12.1 Å². The van der Waals surface area contributed by atoms with Crippen molar-refractivity contribution in [3.05, 3.63) is 81.2 Å². The zero-order valence-electron chi connectivity index (χ0n) is 37.0. The second-order valence-electron chi connectivity index (χ2n) is 17.7. The molecule has 0 radical (unpaired) electrons. The van der Waals surface area contributed by atoms with Gasteiger partial charge < -0.3 is 30.5 Å². The molecule has 2 aliphatic carbocycles. The largest absolute Gasteiger partial charge is 0.445 e. The topological polar surface area (TPSA) is 193 Å². The smallest absolute Gasteiger partial charge is 0.410 e. The Morgan fingerprint density at radius 1 is 0.954 bits per heavy atom. The lowest BCUT2D eigenvalue weighted by Gasteiger charge is -2.36. The number of imide groups is 1. The number of benzene rings is 1. The Hall–Kier alpha value is -5.91. The highest BCUT2D eigenvalue weighted by atomic mass is 32.1. The predicted octanol–water partition coefficient (Wildman–Crippen LogP) is 6.99. The van der Waals surface area contributed by atoms with E-state index >= 15 is 4.39 Å². The third-order valence-corrected chi connectivity index (χ3v) is 14.1. The molecule has 4 aliphatic rings. The summed E-state index contributed by atoms with van der Waals surface area (Å²) >= 11 is 1.32. The molecule has 0 bridgehead atoms. The second-order valence-corrected chi connectivity index (χ2v) is 18.9. The molecule has 4 N–H and O–H groups in total. The van der Waals surface area contributed by atoms with Crippen LogP contribution < -0.4 is 21.3 Å². The summed E-state index contributed by atoms with van der Waals surface area (Å²) in [5, 5.41) is 16.0. The molecule has 8 rings (SSSR count). The number of halogens is 1. The van der Waals surface area contributed by atoms with Crippen LogP contribution in [0.3, 0.4) is 0 Å². The number of rotatable bonds is 20. The quantitative estimate of drug-likeness (QED) is 0.0531. The average molecular weight is 911 g/mol. The summed E-state index contributed by atoms with van der Waals surface area (Å²) in [6.07, 6.45) is 15.3. The van der Waals surface area contributed by atoms with Crippen LogP contribution in [0.1, 0.15) is 121 Å². The summed E-state index contributed by atoms with van der Waals surface area (Å²) in [6, 6.07) is 10.8. The van der Waals surface area contributed by atoms with Crippen LogP contribution in [0.25, 0.3) is 11.3 Å². The lowest BCUT2D eigenvalue weighted by Crippen LogP contribution is -2.52. The minimum absolute atomic E-state index is 0.0390. The number of piperidine rings is 1. The molecule has 1 unspecified atom stereocenters. The summed E-state index contributed by atoms with van der Waals surface area (Å²) in [5.41, 5.74) is 3.75. The van der Waals surface area contributed by atoms with Gasteiger partial charge in [-0.3, -0.25) is 24.4 Å². The Morgan fingerprint density at radius 3 is 2.48 bits per heavy atom.